The van der Waals surface area contributed by atoms with Crippen molar-refractivity contribution in [2.75, 3.05) is 34.2 Å². The van der Waals surface area contributed by atoms with Gasteiger partial charge >= 0.3 is 0 Å². The smallest absolute Gasteiger partial charge is 0.243 e. The molecule has 0 spiro atoms. The third kappa shape index (κ3) is 6.74. The largest absolute Gasteiger partial charge is 0.356 e. The van der Waals surface area contributed by atoms with Gasteiger partial charge in [-0.15, -0.1) is 0 Å². The average Bonchev–Trinajstić information content (AvgIpc) is 2.53. The molecule has 1 N–H and O–H groups in total. The number of amides is 1. The van der Waals surface area contributed by atoms with Crippen molar-refractivity contribution in [3.8, 4) is 0 Å². The zero-order valence-corrected chi connectivity index (χ0v) is 15.5. The highest BCUT2D eigenvalue weighted by molar-refractivity contribution is 6.30. The molecule has 0 aliphatic carbocycles. The fraction of sp³-hybridized carbons (Fsp3) is 0.529. The van der Waals surface area contributed by atoms with Crippen molar-refractivity contribution in [2.24, 2.45) is 4.99 Å². The molecule has 0 radical (unpaired) electrons. The second kappa shape index (κ2) is 10.1. The molecule has 1 aromatic carbocycles. The zero-order chi connectivity index (χ0) is 18.1. The van der Waals surface area contributed by atoms with Gasteiger partial charge in [-0.1, -0.05) is 31.0 Å². The summed E-state index contributed by atoms with van der Waals surface area (Å²) in [6.07, 6.45) is 2.06. The van der Waals surface area contributed by atoms with Crippen molar-refractivity contribution in [3.63, 3.8) is 0 Å². The van der Waals surface area contributed by atoms with Gasteiger partial charge in [-0.3, -0.25) is 4.79 Å². The molecule has 1 aromatic rings. The van der Waals surface area contributed by atoms with Crippen LogP contribution in [-0.4, -0.2) is 55.9 Å². The fourth-order valence-electron chi connectivity index (χ4n) is 1.96. The van der Waals surface area contributed by atoms with E-state index in [4.69, 9.17) is 11.6 Å². The maximum atomic E-state index is 13.6. The predicted octanol–water partition coefficient (Wildman–Crippen LogP) is 2.74. The number of carbonyl (C=O) groups is 1. The van der Waals surface area contributed by atoms with Crippen LogP contribution >= 0.6 is 11.6 Å². The van der Waals surface area contributed by atoms with E-state index in [2.05, 4.69) is 17.2 Å². The summed E-state index contributed by atoms with van der Waals surface area (Å²) in [5.41, 5.74) is 0.781. The Balaban J connectivity index is 2.80. The standard InChI is InChI=1S/C17H26ClFN4O/c1-5-6-9-20-17(21-11-16(24)22(2)3)23(4)12-13-7-8-14(18)15(19)10-13/h7-8,10H,5-6,9,11-12H2,1-4H3,(H,20,21). The molecule has 1 rings (SSSR count). The Morgan fingerprint density at radius 1 is 1.33 bits per heavy atom. The van der Waals surface area contributed by atoms with Crippen LogP contribution in [0.15, 0.2) is 23.2 Å². The van der Waals surface area contributed by atoms with Gasteiger partial charge in [-0.25, -0.2) is 9.38 Å². The molecule has 5 nitrogen and oxygen atoms in total. The summed E-state index contributed by atoms with van der Waals surface area (Å²) >= 11 is 5.71. The molecule has 7 heteroatoms. The number of rotatable bonds is 7. The summed E-state index contributed by atoms with van der Waals surface area (Å²) in [6.45, 7) is 3.40. The van der Waals surface area contributed by atoms with Crippen molar-refractivity contribution in [1.29, 1.82) is 0 Å². The van der Waals surface area contributed by atoms with E-state index >= 15 is 0 Å². The Kier molecular flexibility index (Phi) is 8.54. The normalized spacial score (nSPS) is 11.3. The summed E-state index contributed by atoms with van der Waals surface area (Å²) < 4.78 is 13.6. The highest BCUT2D eigenvalue weighted by atomic mass is 35.5. The van der Waals surface area contributed by atoms with Crippen LogP contribution in [0.1, 0.15) is 25.3 Å². The third-order valence-corrected chi connectivity index (χ3v) is 3.75. The van der Waals surface area contributed by atoms with Crippen LogP contribution < -0.4 is 5.32 Å². The summed E-state index contributed by atoms with van der Waals surface area (Å²) in [4.78, 5) is 19.5. The molecular formula is C17H26ClFN4O. The number of nitrogens with zero attached hydrogens (tertiary/aromatic N) is 3. The van der Waals surface area contributed by atoms with Crippen LogP contribution in [0.5, 0.6) is 0 Å². The summed E-state index contributed by atoms with van der Waals surface area (Å²) in [5, 5.41) is 3.35. The first kappa shape index (κ1) is 20.2. The third-order valence-electron chi connectivity index (χ3n) is 3.44. The van der Waals surface area contributed by atoms with Crippen LogP contribution in [0.4, 0.5) is 4.39 Å². The first-order valence-corrected chi connectivity index (χ1v) is 8.36. The molecule has 1 amide bonds. The SMILES string of the molecule is CCCCNC(=NCC(=O)N(C)C)N(C)Cc1ccc(Cl)c(F)c1. The number of aliphatic imine (C=N–C) groups is 1. The molecule has 0 aliphatic heterocycles. The monoisotopic (exact) mass is 356 g/mol. The summed E-state index contributed by atoms with van der Waals surface area (Å²) in [7, 11) is 5.24. The number of likely N-dealkylation sites (N-methyl/N-ethyl adjacent to an activating group) is 1. The highest BCUT2D eigenvalue weighted by Gasteiger charge is 2.10. The maximum Gasteiger partial charge on any atom is 0.243 e. The van der Waals surface area contributed by atoms with Crippen LogP contribution in [0.25, 0.3) is 0 Å². The second-order valence-electron chi connectivity index (χ2n) is 5.81. The van der Waals surface area contributed by atoms with Gasteiger partial charge in [0.1, 0.15) is 12.4 Å². The van der Waals surface area contributed by atoms with E-state index in [0.29, 0.717) is 12.5 Å². The molecule has 0 bridgehead atoms. The summed E-state index contributed by atoms with van der Waals surface area (Å²) in [5.74, 6) is 0.104. The predicted molar refractivity (Wildman–Crippen MR) is 96.8 cm³/mol. The van der Waals surface area contributed by atoms with E-state index in [1.165, 1.54) is 17.0 Å². The topological polar surface area (TPSA) is 47.9 Å². The van der Waals surface area contributed by atoms with E-state index < -0.39 is 5.82 Å². The van der Waals surface area contributed by atoms with E-state index in [-0.39, 0.29) is 17.5 Å². The van der Waals surface area contributed by atoms with E-state index in [9.17, 15) is 9.18 Å². The molecule has 134 valence electrons. The van der Waals surface area contributed by atoms with E-state index in [1.54, 1.807) is 20.2 Å². The van der Waals surface area contributed by atoms with Crippen LogP contribution in [0.3, 0.4) is 0 Å². The molecular weight excluding hydrogens is 331 g/mol. The number of hydrogen-bond donors (Lipinski definition) is 1. The van der Waals surface area contributed by atoms with Crippen LogP contribution in [-0.2, 0) is 11.3 Å². The van der Waals surface area contributed by atoms with Gasteiger partial charge in [0.15, 0.2) is 5.96 Å². The van der Waals surface area contributed by atoms with Gasteiger partial charge in [0, 0.05) is 34.2 Å². The molecule has 0 saturated carbocycles. The van der Waals surface area contributed by atoms with Gasteiger partial charge in [0.25, 0.3) is 0 Å². The van der Waals surface area contributed by atoms with Crippen molar-refractivity contribution >= 4 is 23.5 Å². The Bertz CT molecular complexity index is 578. The maximum absolute atomic E-state index is 13.6. The number of benzene rings is 1. The number of nitrogens with one attached hydrogen (secondary N) is 1. The van der Waals surface area contributed by atoms with Crippen molar-refractivity contribution in [1.82, 2.24) is 15.1 Å². The second-order valence-corrected chi connectivity index (χ2v) is 6.22. The Morgan fingerprint density at radius 3 is 2.62 bits per heavy atom. The number of halogens is 2. The van der Waals surface area contributed by atoms with Gasteiger partial charge < -0.3 is 15.1 Å². The van der Waals surface area contributed by atoms with Gasteiger partial charge in [0.05, 0.1) is 5.02 Å². The first-order chi connectivity index (χ1) is 11.3. The first-order valence-electron chi connectivity index (χ1n) is 7.98. The number of guanidine groups is 1. The van der Waals surface area contributed by atoms with Gasteiger partial charge in [0.2, 0.25) is 5.91 Å². The Morgan fingerprint density at radius 2 is 2.04 bits per heavy atom. The summed E-state index contributed by atoms with van der Waals surface area (Å²) in [6, 6.07) is 4.72. The Hall–Kier alpha value is -1.82. The minimum absolute atomic E-state index is 0.0702. The lowest BCUT2D eigenvalue weighted by Gasteiger charge is -2.23. The lowest BCUT2D eigenvalue weighted by Crippen LogP contribution is -2.40. The molecule has 0 atom stereocenters. The van der Waals surface area contributed by atoms with Gasteiger partial charge in [-0.2, -0.15) is 0 Å². The number of hydrogen-bond acceptors (Lipinski definition) is 2. The lowest BCUT2D eigenvalue weighted by atomic mass is 10.2. The highest BCUT2D eigenvalue weighted by Crippen LogP contribution is 2.16. The minimum atomic E-state index is -0.442. The molecule has 0 aromatic heterocycles. The quantitative estimate of drug-likeness (QED) is 0.464. The molecule has 0 saturated heterocycles. The average molecular weight is 357 g/mol. The molecule has 0 fully saturated rings. The van der Waals surface area contributed by atoms with E-state index in [0.717, 1.165) is 24.9 Å². The number of carbonyl (C=O) groups excluding carboxylic acids is 1. The van der Waals surface area contributed by atoms with Crippen LogP contribution in [0, 0.1) is 5.82 Å². The Labute approximate surface area is 148 Å². The van der Waals surface area contributed by atoms with Gasteiger partial charge in [-0.05, 0) is 24.1 Å². The molecule has 24 heavy (non-hydrogen) atoms. The lowest BCUT2D eigenvalue weighted by molar-refractivity contribution is -0.127. The number of unbranched alkanes of at least 4 members (excludes halogenated alkanes) is 1. The van der Waals surface area contributed by atoms with Crippen molar-refractivity contribution in [3.05, 3.63) is 34.6 Å². The van der Waals surface area contributed by atoms with Crippen molar-refractivity contribution in [2.45, 2.75) is 26.3 Å². The molecule has 0 aliphatic rings. The van der Waals surface area contributed by atoms with E-state index in [1.807, 2.05) is 11.9 Å². The minimum Gasteiger partial charge on any atom is -0.356 e. The van der Waals surface area contributed by atoms with Crippen LogP contribution in [0.2, 0.25) is 5.02 Å². The molecule has 0 heterocycles. The zero-order valence-electron chi connectivity index (χ0n) is 14.8. The fourth-order valence-corrected chi connectivity index (χ4v) is 2.08. The van der Waals surface area contributed by atoms with Crippen molar-refractivity contribution < 1.29 is 9.18 Å². The molecule has 0 unspecified atom stereocenters.